The first kappa shape index (κ1) is 23.9. The highest BCUT2D eigenvalue weighted by Crippen LogP contribution is 2.21. The molecule has 1 amide bonds. The van der Waals surface area contributed by atoms with E-state index in [0.29, 0.717) is 19.0 Å². The molecule has 1 aliphatic heterocycles. The molecule has 32 heavy (non-hydrogen) atoms. The van der Waals surface area contributed by atoms with Gasteiger partial charge in [-0.25, -0.2) is 12.8 Å². The number of nitrogens with zero attached hydrogens (tertiary/aromatic N) is 1. The fraction of sp³-hybridized carbons (Fsp3) is 0.391. The van der Waals surface area contributed by atoms with E-state index in [1.165, 1.54) is 24.6 Å². The molecule has 7 nitrogen and oxygen atoms in total. The quantitative estimate of drug-likeness (QED) is 0.609. The number of carbonyl (C=O) groups is 2. The highest BCUT2D eigenvalue weighted by Gasteiger charge is 2.27. The third-order valence-electron chi connectivity index (χ3n) is 5.48. The lowest BCUT2D eigenvalue weighted by Crippen LogP contribution is -2.43. The molecule has 2 aromatic rings. The SMILES string of the molecule is C[C@H](NS(=O)(=O)c1ccccc1F)C(=O)OCC(=O)N1CCC(Cc2ccccc2)CC1. The number of amides is 1. The van der Waals surface area contributed by atoms with E-state index in [0.717, 1.165) is 31.4 Å². The zero-order chi connectivity index (χ0) is 23.1. The van der Waals surface area contributed by atoms with Gasteiger partial charge in [0.05, 0.1) is 0 Å². The molecule has 1 heterocycles. The Labute approximate surface area is 187 Å². The van der Waals surface area contributed by atoms with Crippen molar-refractivity contribution in [3.8, 4) is 0 Å². The predicted octanol–water partition coefficient (Wildman–Crippen LogP) is 2.52. The Morgan fingerprint density at radius 3 is 2.38 bits per heavy atom. The molecule has 1 atom stereocenters. The minimum Gasteiger partial charge on any atom is -0.454 e. The van der Waals surface area contributed by atoms with E-state index < -0.39 is 39.4 Å². The number of hydrogen-bond acceptors (Lipinski definition) is 5. The van der Waals surface area contributed by atoms with Gasteiger partial charge < -0.3 is 9.64 Å². The number of carbonyl (C=O) groups excluding carboxylic acids is 2. The smallest absolute Gasteiger partial charge is 0.324 e. The Kier molecular flexibility index (Phi) is 7.98. The standard InChI is InChI=1S/C23H27FN2O5S/c1-17(25-32(29,30)21-10-6-5-9-20(21)24)23(28)31-16-22(27)26-13-11-19(12-14-26)15-18-7-3-2-4-8-18/h2-10,17,19,25H,11-16H2,1H3/t17-/m0/s1. The number of nitrogens with one attached hydrogen (secondary N) is 1. The van der Waals surface area contributed by atoms with E-state index >= 15 is 0 Å². The van der Waals surface area contributed by atoms with Gasteiger partial charge in [0.15, 0.2) is 6.61 Å². The summed E-state index contributed by atoms with van der Waals surface area (Å²) in [4.78, 5) is 25.7. The Hall–Kier alpha value is -2.78. The van der Waals surface area contributed by atoms with Crippen LogP contribution in [0.15, 0.2) is 59.5 Å². The molecule has 1 N–H and O–H groups in total. The van der Waals surface area contributed by atoms with Crippen molar-refractivity contribution in [1.82, 2.24) is 9.62 Å². The van der Waals surface area contributed by atoms with Crippen LogP contribution < -0.4 is 4.72 Å². The summed E-state index contributed by atoms with van der Waals surface area (Å²) < 4.78 is 45.4. The first-order chi connectivity index (χ1) is 15.3. The summed E-state index contributed by atoms with van der Waals surface area (Å²) in [6, 6.07) is 13.8. The minimum atomic E-state index is -4.25. The third kappa shape index (κ3) is 6.37. The highest BCUT2D eigenvalue weighted by molar-refractivity contribution is 7.89. The number of piperidine rings is 1. The summed E-state index contributed by atoms with van der Waals surface area (Å²) in [6.45, 7) is 1.99. The van der Waals surface area contributed by atoms with E-state index in [-0.39, 0.29) is 5.91 Å². The van der Waals surface area contributed by atoms with E-state index in [1.807, 2.05) is 18.2 Å². The zero-order valence-corrected chi connectivity index (χ0v) is 18.7. The van der Waals surface area contributed by atoms with Crippen LogP contribution in [0, 0.1) is 11.7 Å². The van der Waals surface area contributed by atoms with Gasteiger partial charge >= 0.3 is 5.97 Å². The molecule has 3 rings (SSSR count). The van der Waals surface area contributed by atoms with E-state index in [2.05, 4.69) is 16.9 Å². The Morgan fingerprint density at radius 1 is 1.09 bits per heavy atom. The average molecular weight is 463 g/mol. The largest absolute Gasteiger partial charge is 0.454 e. The summed E-state index contributed by atoms with van der Waals surface area (Å²) in [5.74, 6) is -1.65. The third-order valence-corrected chi connectivity index (χ3v) is 7.06. The maximum atomic E-state index is 13.8. The molecule has 1 fully saturated rings. The topological polar surface area (TPSA) is 92.8 Å². The van der Waals surface area contributed by atoms with Crippen LogP contribution in [0.4, 0.5) is 4.39 Å². The molecular formula is C23H27FN2O5S. The first-order valence-corrected chi connectivity index (χ1v) is 12.0. The molecule has 0 spiro atoms. The van der Waals surface area contributed by atoms with E-state index in [4.69, 9.17) is 4.74 Å². The van der Waals surface area contributed by atoms with Gasteiger partial charge in [-0.3, -0.25) is 9.59 Å². The van der Waals surface area contributed by atoms with Gasteiger partial charge in [-0.2, -0.15) is 4.72 Å². The van der Waals surface area contributed by atoms with Crippen LogP contribution in [-0.2, 0) is 30.8 Å². The molecule has 0 aromatic heterocycles. The lowest BCUT2D eigenvalue weighted by molar-refractivity contribution is -0.153. The number of benzene rings is 2. The Balaban J connectivity index is 1.43. The Bertz CT molecular complexity index is 1040. The number of ether oxygens (including phenoxy) is 1. The highest BCUT2D eigenvalue weighted by atomic mass is 32.2. The molecule has 1 aliphatic rings. The van der Waals surface area contributed by atoms with Crippen LogP contribution in [0.3, 0.4) is 0 Å². The van der Waals surface area contributed by atoms with Crippen LogP contribution in [0.5, 0.6) is 0 Å². The maximum absolute atomic E-state index is 13.8. The molecule has 9 heteroatoms. The number of sulfonamides is 1. The normalized spacial score (nSPS) is 15.9. The molecular weight excluding hydrogens is 435 g/mol. The summed E-state index contributed by atoms with van der Waals surface area (Å²) in [5, 5.41) is 0. The molecule has 1 saturated heterocycles. The van der Waals surface area contributed by atoms with Gasteiger partial charge in [0.2, 0.25) is 10.0 Å². The fourth-order valence-electron chi connectivity index (χ4n) is 3.69. The van der Waals surface area contributed by atoms with Gasteiger partial charge in [0.1, 0.15) is 16.8 Å². The van der Waals surface area contributed by atoms with E-state index in [9.17, 15) is 22.4 Å². The second-order valence-electron chi connectivity index (χ2n) is 7.89. The lowest BCUT2D eigenvalue weighted by Gasteiger charge is -2.32. The van der Waals surface area contributed by atoms with Crippen LogP contribution in [0.1, 0.15) is 25.3 Å². The van der Waals surface area contributed by atoms with Gasteiger partial charge in [-0.15, -0.1) is 0 Å². The number of hydrogen-bond donors (Lipinski definition) is 1. The number of halogens is 1. The number of rotatable bonds is 8. The van der Waals surface area contributed by atoms with Crippen molar-refractivity contribution < 1.29 is 27.1 Å². The van der Waals surface area contributed by atoms with Crippen molar-refractivity contribution in [3.05, 3.63) is 66.0 Å². The zero-order valence-electron chi connectivity index (χ0n) is 17.9. The minimum absolute atomic E-state index is 0.319. The van der Waals surface area contributed by atoms with Crippen LogP contribution >= 0.6 is 0 Å². The second-order valence-corrected chi connectivity index (χ2v) is 9.58. The summed E-state index contributed by atoms with van der Waals surface area (Å²) in [7, 11) is -4.25. The second kappa shape index (κ2) is 10.7. The molecule has 0 unspecified atom stereocenters. The number of likely N-dealkylation sites (tertiary alicyclic amines) is 1. The lowest BCUT2D eigenvalue weighted by atomic mass is 9.90. The van der Waals surface area contributed by atoms with E-state index in [1.54, 1.807) is 4.90 Å². The first-order valence-electron chi connectivity index (χ1n) is 10.5. The average Bonchev–Trinajstić information content (AvgIpc) is 2.78. The van der Waals surface area contributed by atoms with Gasteiger partial charge in [0.25, 0.3) is 5.91 Å². The van der Waals surface area contributed by atoms with Crippen LogP contribution in [0.2, 0.25) is 0 Å². The predicted molar refractivity (Wildman–Crippen MR) is 117 cm³/mol. The molecule has 0 aliphatic carbocycles. The monoisotopic (exact) mass is 462 g/mol. The van der Waals surface area contributed by atoms with Gasteiger partial charge in [-0.05, 0) is 49.8 Å². The maximum Gasteiger partial charge on any atom is 0.324 e. The molecule has 0 bridgehead atoms. The van der Waals surface area contributed by atoms with Gasteiger partial charge in [0, 0.05) is 13.1 Å². The number of esters is 1. The van der Waals surface area contributed by atoms with Crippen molar-refractivity contribution >= 4 is 21.9 Å². The van der Waals surface area contributed by atoms with Crippen molar-refractivity contribution in [1.29, 1.82) is 0 Å². The summed E-state index contributed by atoms with van der Waals surface area (Å²) >= 11 is 0. The summed E-state index contributed by atoms with van der Waals surface area (Å²) in [5.41, 5.74) is 1.28. The van der Waals surface area contributed by atoms with Crippen molar-refractivity contribution in [3.63, 3.8) is 0 Å². The van der Waals surface area contributed by atoms with Crippen molar-refractivity contribution in [2.75, 3.05) is 19.7 Å². The summed E-state index contributed by atoms with van der Waals surface area (Å²) in [6.07, 6.45) is 2.71. The molecule has 172 valence electrons. The molecule has 0 saturated carbocycles. The molecule has 2 aromatic carbocycles. The molecule has 0 radical (unpaired) electrons. The van der Waals surface area contributed by atoms with Crippen LogP contribution in [-0.4, -0.2) is 50.9 Å². The van der Waals surface area contributed by atoms with Crippen molar-refractivity contribution in [2.24, 2.45) is 5.92 Å². The fourth-order valence-corrected chi connectivity index (χ4v) is 4.96. The van der Waals surface area contributed by atoms with Crippen LogP contribution in [0.25, 0.3) is 0 Å². The van der Waals surface area contributed by atoms with Crippen molar-refractivity contribution in [2.45, 2.75) is 37.1 Å². The van der Waals surface area contributed by atoms with Gasteiger partial charge in [-0.1, -0.05) is 42.5 Å². The Morgan fingerprint density at radius 2 is 1.72 bits per heavy atom.